The van der Waals surface area contributed by atoms with E-state index in [1.165, 1.54) is 0 Å². The van der Waals surface area contributed by atoms with E-state index >= 15 is 0 Å². The van der Waals surface area contributed by atoms with Crippen LogP contribution in [-0.2, 0) is 23.1 Å². The predicted molar refractivity (Wildman–Crippen MR) is 94.2 cm³/mol. The van der Waals surface area contributed by atoms with Crippen molar-refractivity contribution in [1.82, 2.24) is 14.7 Å². The smallest absolute Gasteiger partial charge is 0.253 e. The highest BCUT2D eigenvalue weighted by atomic mass is 16.7. The number of carbonyl (C=O) groups excluding carboxylic acids is 1. The molecule has 0 atom stereocenters. The molecule has 1 aliphatic heterocycles. The lowest BCUT2D eigenvalue weighted by atomic mass is 10.1. The quantitative estimate of drug-likeness (QED) is 0.838. The van der Waals surface area contributed by atoms with Gasteiger partial charge >= 0.3 is 0 Å². The van der Waals surface area contributed by atoms with Crippen LogP contribution < -0.4 is 0 Å². The van der Waals surface area contributed by atoms with Gasteiger partial charge in [-0.15, -0.1) is 0 Å². The fourth-order valence-electron chi connectivity index (χ4n) is 3.08. The maximum absolute atomic E-state index is 12.8. The SMILES string of the molecule is CC(C)c1nn(C)cc1CN(C)C(=O)c1cccc(C2OCCO2)c1. The number of ether oxygens (including phenoxy) is 2. The maximum atomic E-state index is 12.8. The van der Waals surface area contributed by atoms with Crippen LogP contribution in [0.25, 0.3) is 0 Å². The molecule has 0 spiro atoms. The molecule has 0 N–H and O–H groups in total. The Balaban J connectivity index is 1.75. The van der Waals surface area contributed by atoms with E-state index in [2.05, 4.69) is 18.9 Å². The number of hydrogen-bond donors (Lipinski definition) is 0. The first-order valence-electron chi connectivity index (χ1n) is 8.56. The Labute approximate surface area is 148 Å². The summed E-state index contributed by atoms with van der Waals surface area (Å²) in [6.45, 7) is 5.92. The number of hydrogen-bond acceptors (Lipinski definition) is 4. The van der Waals surface area contributed by atoms with Crippen LogP contribution in [-0.4, -0.2) is 40.8 Å². The van der Waals surface area contributed by atoms with Crippen molar-refractivity contribution in [3.63, 3.8) is 0 Å². The minimum atomic E-state index is -0.371. The Morgan fingerprint density at radius 2 is 2.08 bits per heavy atom. The van der Waals surface area contributed by atoms with Crippen molar-refractivity contribution in [2.45, 2.75) is 32.6 Å². The average molecular weight is 343 g/mol. The van der Waals surface area contributed by atoms with Gasteiger partial charge in [0.05, 0.1) is 18.9 Å². The lowest BCUT2D eigenvalue weighted by Crippen LogP contribution is -2.26. The van der Waals surface area contributed by atoms with Gasteiger partial charge in [-0.25, -0.2) is 0 Å². The van der Waals surface area contributed by atoms with E-state index in [0.717, 1.165) is 16.8 Å². The molecule has 25 heavy (non-hydrogen) atoms. The van der Waals surface area contributed by atoms with Gasteiger partial charge in [0.25, 0.3) is 5.91 Å². The highest BCUT2D eigenvalue weighted by Gasteiger charge is 2.21. The molecule has 1 aliphatic rings. The fourth-order valence-corrected chi connectivity index (χ4v) is 3.08. The zero-order valence-corrected chi connectivity index (χ0v) is 15.2. The van der Waals surface area contributed by atoms with Gasteiger partial charge in [-0.3, -0.25) is 9.48 Å². The van der Waals surface area contributed by atoms with E-state index in [-0.39, 0.29) is 12.2 Å². The Morgan fingerprint density at radius 1 is 1.36 bits per heavy atom. The van der Waals surface area contributed by atoms with E-state index in [1.807, 2.05) is 44.6 Å². The predicted octanol–water partition coefficient (Wildman–Crippen LogP) is 2.86. The van der Waals surface area contributed by atoms with Gasteiger partial charge in [0.2, 0.25) is 0 Å². The Morgan fingerprint density at radius 3 is 2.76 bits per heavy atom. The molecule has 1 fully saturated rings. The van der Waals surface area contributed by atoms with E-state index in [0.29, 0.717) is 31.2 Å². The van der Waals surface area contributed by atoms with Crippen molar-refractivity contribution < 1.29 is 14.3 Å². The molecule has 0 unspecified atom stereocenters. The number of aromatic nitrogens is 2. The molecule has 1 aromatic heterocycles. The van der Waals surface area contributed by atoms with Gasteiger partial charge in [-0.05, 0) is 18.1 Å². The number of rotatable bonds is 5. The van der Waals surface area contributed by atoms with E-state index in [4.69, 9.17) is 9.47 Å². The molecule has 134 valence electrons. The van der Waals surface area contributed by atoms with Crippen LogP contribution in [0.4, 0.5) is 0 Å². The van der Waals surface area contributed by atoms with Crippen molar-refractivity contribution in [3.05, 3.63) is 52.8 Å². The minimum Gasteiger partial charge on any atom is -0.346 e. The van der Waals surface area contributed by atoms with Crippen LogP contribution >= 0.6 is 0 Å². The molecule has 1 aromatic carbocycles. The van der Waals surface area contributed by atoms with Crippen LogP contribution in [0, 0.1) is 0 Å². The lowest BCUT2D eigenvalue weighted by Gasteiger charge is -2.19. The second kappa shape index (κ2) is 7.37. The summed E-state index contributed by atoms with van der Waals surface area (Å²) in [5, 5.41) is 4.51. The van der Waals surface area contributed by atoms with E-state index < -0.39 is 0 Å². The standard InChI is InChI=1S/C19H25N3O3/c1-13(2)17-16(12-22(4)20-17)11-21(3)18(23)14-6-5-7-15(10-14)19-24-8-9-25-19/h5-7,10,12-13,19H,8-9,11H2,1-4H3. The Hall–Kier alpha value is -2.18. The highest BCUT2D eigenvalue weighted by Crippen LogP contribution is 2.24. The van der Waals surface area contributed by atoms with Crippen molar-refractivity contribution in [3.8, 4) is 0 Å². The molecule has 0 radical (unpaired) electrons. The molecule has 1 saturated heterocycles. The molecule has 0 bridgehead atoms. The van der Waals surface area contributed by atoms with Gasteiger partial charge in [0, 0.05) is 43.5 Å². The van der Waals surface area contributed by atoms with Crippen LogP contribution in [0.3, 0.4) is 0 Å². The molecule has 2 heterocycles. The Kier molecular flexibility index (Phi) is 5.20. The van der Waals surface area contributed by atoms with Crippen molar-refractivity contribution in [2.75, 3.05) is 20.3 Å². The second-order valence-electron chi connectivity index (χ2n) is 6.73. The van der Waals surface area contributed by atoms with Gasteiger partial charge in [-0.1, -0.05) is 26.0 Å². The molecular weight excluding hydrogens is 318 g/mol. The van der Waals surface area contributed by atoms with Gasteiger partial charge in [0.15, 0.2) is 6.29 Å². The lowest BCUT2D eigenvalue weighted by molar-refractivity contribution is -0.0441. The third kappa shape index (κ3) is 3.91. The summed E-state index contributed by atoms with van der Waals surface area (Å²) in [6.07, 6.45) is 1.61. The van der Waals surface area contributed by atoms with Crippen LogP contribution in [0.15, 0.2) is 30.5 Å². The number of benzene rings is 1. The molecule has 3 rings (SSSR count). The summed E-state index contributed by atoms with van der Waals surface area (Å²) in [7, 11) is 3.72. The van der Waals surface area contributed by atoms with E-state index in [9.17, 15) is 4.79 Å². The largest absolute Gasteiger partial charge is 0.346 e. The molecular formula is C19H25N3O3. The average Bonchev–Trinajstić information content (AvgIpc) is 3.24. The molecule has 1 amide bonds. The van der Waals surface area contributed by atoms with Gasteiger partial charge in [0.1, 0.15) is 0 Å². The number of carbonyl (C=O) groups is 1. The van der Waals surface area contributed by atoms with Crippen molar-refractivity contribution in [2.24, 2.45) is 7.05 Å². The third-order valence-corrected chi connectivity index (χ3v) is 4.27. The van der Waals surface area contributed by atoms with Gasteiger partial charge in [-0.2, -0.15) is 5.10 Å². The Bertz CT molecular complexity index is 748. The summed E-state index contributed by atoms with van der Waals surface area (Å²) in [6, 6.07) is 7.46. The molecule has 6 heteroatoms. The summed E-state index contributed by atoms with van der Waals surface area (Å²) < 4.78 is 12.8. The molecule has 2 aromatic rings. The van der Waals surface area contributed by atoms with Crippen LogP contribution in [0.2, 0.25) is 0 Å². The molecule has 0 saturated carbocycles. The highest BCUT2D eigenvalue weighted by molar-refractivity contribution is 5.94. The molecule has 6 nitrogen and oxygen atoms in total. The number of nitrogens with zero attached hydrogens (tertiary/aromatic N) is 3. The van der Waals surface area contributed by atoms with Crippen molar-refractivity contribution >= 4 is 5.91 Å². The minimum absolute atomic E-state index is 0.0293. The monoisotopic (exact) mass is 343 g/mol. The summed E-state index contributed by atoms with van der Waals surface area (Å²) in [5.74, 6) is 0.290. The molecule has 0 aliphatic carbocycles. The summed E-state index contributed by atoms with van der Waals surface area (Å²) in [4.78, 5) is 14.5. The summed E-state index contributed by atoms with van der Waals surface area (Å²) in [5.41, 5.74) is 3.62. The zero-order chi connectivity index (χ0) is 18.0. The van der Waals surface area contributed by atoms with Crippen LogP contribution in [0.1, 0.15) is 53.2 Å². The third-order valence-electron chi connectivity index (χ3n) is 4.27. The first kappa shape index (κ1) is 17.6. The second-order valence-corrected chi connectivity index (χ2v) is 6.73. The number of aryl methyl sites for hydroxylation is 1. The maximum Gasteiger partial charge on any atom is 0.253 e. The fraction of sp³-hybridized carbons (Fsp3) is 0.474. The van der Waals surface area contributed by atoms with E-state index in [1.54, 1.807) is 9.58 Å². The topological polar surface area (TPSA) is 56.6 Å². The van der Waals surface area contributed by atoms with Crippen molar-refractivity contribution in [1.29, 1.82) is 0 Å². The first-order valence-corrected chi connectivity index (χ1v) is 8.56. The number of amides is 1. The van der Waals surface area contributed by atoms with Gasteiger partial charge < -0.3 is 14.4 Å². The zero-order valence-electron chi connectivity index (χ0n) is 15.2. The first-order chi connectivity index (χ1) is 12.0. The van der Waals surface area contributed by atoms with Crippen LogP contribution in [0.5, 0.6) is 0 Å². The normalized spacial score (nSPS) is 15.1. The summed E-state index contributed by atoms with van der Waals surface area (Å²) >= 11 is 0.